The molecule has 3 aliphatic rings. The van der Waals surface area contributed by atoms with Crippen LogP contribution in [-0.2, 0) is 19.1 Å². The van der Waals surface area contributed by atoms with E-state index in [1.54, 1.807) is 51.1 Å². The van der Waals surface area contributed by atoms with Crippen LogP contribution in [0.25, 0.3) is 0 Å². The Bertz CT molecular complexity index is 1190. The maximum absolute atomic E-state index is 14.8. The van der Waals surface area contributed by atoms with Crippen molar-refractivity contribution in [3.8, 4) is 0 Å². The number of halogens is 1. The van der Waals surface area contributed by atoms with E-state index < -0.39 is 35.1 Å². The summed E-state index contributed by atoms with van der Waals surface area (Å²) in [6.07, 6.45) is 6.22. The molecule has 3 heterocycles. The standard InChI is InChI=1S/C33H46ClN3O5/c1-7-17-35(18-8-2)29(39)26-27-30(40)37(25(21-38)20-22(5)6)28(33(27)16-15-32(26,10-4)42-33)31(41)36(19-9-3)24-13-11-23(34)12-14-24/h7,9,11-14,22,25-28,38H,1,3,8,10,15-21H2,2,4-6H3/t25-,26+,27+,28?,32-,33?/m1/s1. The van der Waals surface area contributed by atoms with Crippen molar-refractivity contribution in [3.05, 3.63) is 54.6 Å². The molecule has 3 aliphatic heterocycles. The second-order valence-corrected chi connectivity index (χ2v) is 12.8. The fraction of sp³-hybridized carbons (Fsp3) is 0.606. The van der Waals surface area contributed by atoms with E-state index in [4.69, 9.17) is 16.3 Å². The van der Waals surface area contributed by atoms with Gasteiger partial charge in [0.05, 0.1) is 30.1 Å². The maximum Gasteiger partial charge on any atom is 0.253 e. The Morgan fingerprint density at radius 2 is 1.81 bits per heavy atom. The first-order valence-corrected chi connectivity index (χ1v) is 15.6. The second kappa shape index (κ2) is 12.9. The number of aliphatic hydroxyl groups is 1. The van der Waals surface area contributed by atoms with Crippen molar-refractivity contribution < 1.29 is 24.2 Å². The molecule has 1 N–H and O–H groups in total. The number of hydrogen-bond acceptors (Lipinski definition) is 5. The summed E-state index contributed by atoms with van der Waals surface area (Å²) < 4.78 is 6.97. The van der Waals surface area contributed by atoms with Crippen LogP contribution < -0.4 is 4.90 Å². The highest BCUT2D eigenvalue weighted by Crippen LogP contribution is 2.65. The summed E-state index contributed by atoms with van der Waals surface area (Å²) in [4.78, 5) is 48.7. The summed E-state index contributed by atoms with van der Waals surface area (Å²) in [6, 6.07) is 5.36. The number of benzene rings is 1. The second-order valence-electron chi connectivity index (χ2n) is 12.3. The smallest absolute Gasteiger partial charge is 0.253 e. The average molecular weight is 600 g/mol. The number of carbonyl (C=O) groups is 3. The third-order valence-electron chi connectivity index (χ3n) is 9.34. The Labute approximate surface area is 255 Å². The van der Waals surface area contributed by atoms with E-state index >= 15 is 0 Å². The highest BCUT2D eigenvalue weighted by atomic mass is 35.5. The molecule has 8 nitrogen and oxygen atoms in total. The average Bonchev–Trinajstić information content (AvgIpc) is 3.58. The maximum atomic E-state index is 14.8. The summed E-state index contributed by atoms with van der Waals surface area (Å²) in [5.74, 6) is -2.12. The molecule has 4 rings (SSSR count). The fourth-order valence-corrected chi connectivity index (χ4v) is 7.78. The van der Waals surface area contributed by atoms with Gasteiger partial charge in [-0.2, -0.15) is 0 Å². The van der Waals surface area contributed by atoms with Gasteiger partial charge in [-0.15, -0.1) is 13.2 Å². The fourth-order valence-electron chi connectivity index (χ4n) is 7.66. The SMILES string of the molecule is C=CCN(CCC)C(=O)[C@@H]1[C@H]2C(=O)N([C@@H](CO)CC(C)C)C(C(=O)N(CC=C)c3ccc(Cl)cc3)C23CC[C@@]1(CC)O3. The van der Waals surface area contributed by atoms with Gasteiger partial charge in [0, 0.05) is 30.3 Å². The van der Waals surface area contributed by atoms with Crippen molar-refractivity contribution in [3.63, 3.8) is 0 Å². The Morgan fingerprint density at radius 3 is 2.36 bits per heavy atom. The largest absolute Gasteiger partial charge is 0.394 e. The van der Waals surface area contributed by atoms with Gasteiger partial charge in [0.25, 0.3) is 5.91 Å². The van der Waals surface area contributed by atoms with Gasteiger partial charge >= 0.3 is 0 Å². The third kappa shape index (κ3) is 5.31. The Morgan fingerprint density at radius 1 is 1.14 bits per heavy atom. The van der Waals surface area contributed by atoms with E-state index in [9.17, 15) is 19.5 Å². The van der Waals surface area contributed by atoms with E-state index in [1.165, 1.54) is 0 Å². The zero-order valence-corrected chi connectivity index (χ0v) is 26.2. The minimum atomic E-state index is -1.19. The number of carbonyl (C=O) groups excluding carboxylic acids is 3. The first-order chi connectivity index (χ1) is 20.0. The Balaban J connectivity index is 1.88. The topological polar surface area (TPSA) is 90.4 Å². The molecular weight excluding hydrogens is 554 g/mol. The van der Waals surface area contributed by atoms with Crippen molar-refractivity contribution >= 4 is 35.0 Å². The van der Waals surface area contributed by atoms with Crippen LogP contribution in [0.3, 0.4) is 0 Å². The van der Waals surface area contributed by atoms with Gasteiger partial charge in [0.15, 0.2) is 0 Å². The summed E-state index contributed by atoms with van der Waals surface area (Å²) >= 11 is 6.16. The molecule has 0 saturated carbocycles. The number of nitrogens with zero attached hydrogens (tertiary/aromatic N) is 3. The zero-order chi connectivity index (χ0) is 30.8. The number of aliphatic hydroxyl groups excluding tert-OH is 1. The molecule has 3 amide bonds. The summed E-state index contributed by atoms with van der Waals surface area (Å²) in [6.45, 7) is 16.6. The van der Waals surface area contributed by atoms with Crippen LogP contribution in [0.5, 0.6) is 0 Å². The highest BCUT2D eigenvalue weighted by Gasteiger charge is 2.79. The monoisotopic (exact) mass is 599 g/mol. The van der Waals surface area contributed by atoms with Crippen molar-refractivity contribution in [2.24, 2.45) is 17.8 Å². The minimum Gasteiger partial charge on any atom is -0.394 e. The van der Waals surface area contributed by atoms with E-state index in [2.05, 4.69) is 13.2 Å². The first-order valence-electron chi connectivity index (χ1n) is 15.3. The number of fused-ring (bicyclic) bond motifs is 1. The predicted molar refractivity (Wildman–Crippen MR) is 165 cm³/mol. The molecular formula is C33H46ClN3O5. The van der Waals surface area contributed by atoms with Crippen LogP contribution in [0.2, 0.25) is 5.02 Å². The predicted octanol–water partition coefficient (Wildman–Crippen LogP) is 4.85. The number of rotatable bonds is 14. The minimum absolute atomic E-state index is 0.128. The van der Waals surface area contributed by atoms with Crippen LogP contribution >= 0.6 is 11.6 Å². The van der Waals surface area contributed by atoms with Crippen LogP contribution in [0, 0.1) is 17.8 Å². The van der Waals surface area contributed by atoms with Crippen LogP contribution in [0.15, 0.2) is 49.6 Å². The lowest BCUT2D eigenvalue weighted by Gasteiger charge is -2.40. The molecule has 1 aromatic rings. The molecule has 230 valence electrons. The molecule has 42 heavy (non-hydrogen) atoms. The molecule has 2 bridgehead atoms. The van der Waals surface area contributed by atoms with Crippen LogP contribution in [-0.4, -0.2) is 82.2 Å². The lowest BCUT2D eigenvalue weighted by atomic mass is 9.64. The molecule has 2 unspecified atom stereocenters. The van der Waals surface area contributed by atoms with Crippen molar-refractivity contribution in [2.75, 3.05) is 31.1 Å². The molecule has 3 fully saturated rings. The number of amides is 3. The Kier molecular flexibility index (Phi) is 9.90. The summed E-state index contributed by atoms with van der Waals surface area (Å²) in [5.41, 5.74) is -1.41. The number of anilines is 1. The van der Waals surface area contributed by atoms with Gasteiger partial charge in [-0.25, -0.2) is 0 Å². The van der Waals surface area contributed by atoms with E-state index in [0.717, 1.165) is 6.42 Å². The van der Waals surface area contributed by atoms with Crippen molar-refractivity contribution in [1.82, 2.24) is 9.80 Å². The van der Waals surface area contributed by atoms with Gasteiger partial charge in [-0.05, 0) is 62.3 Å². The molecule has 0 radical (unpaired) electrons. The molecule has 6 atom stereocenters. The number of hydrogen-bond donors (Lipinski definition) is 1. The molecule has 3 saturated heterocycles. The molecule has 9 heteroatoms. The third-order valence-corrected chi connectivity index (χ3v) is 9.59. The van der Waals surface area contributed by atoms with Gasteiger partial charge in [0.2, 0.25) is 11.8 Å². The summed E-state index contributed by atoms with van der Waals surface area (Å²) in [7, 11) is 0. The van der Waals surface area contributed by atoms with Gasteiger partial charge in [0.1, 0.15) is 11.6 Å². The number of ether oxygens (including phenoxy) is 1. The Hall–Kier alpha value is -2.68. The van der Waals surface area contributed by atoms with E-state index in [1.807, 2.05) is 27.7 Å². The van der Waals surface area contributed by atoms with E-state index in [-0.39, 0.29) is 36.8 Å². The van der Waals surface area contributed by atoms with Gasteiger partial charge in [-0.1, -0.05) is 51.4 Å². The van der Waals surface area contributed by atoms with Crippen LogP contribution in [0.1, 0.15) is 59.8 Å². The highest BCUT2D eigenvalue weighted by molar-refractivity contribution is 6.30. The van der Waals surface area contributed by atoms with Crippen LogP contribution in [0.4, 0.5) is 5.69 Å². The molecule has 1 spiro atoms. The molecule has 1 aromatic carbocycles. The van der Waals surface area contributed by atoms with Crippen molar-refractivity contribution in [1.29, 1.82) is 0 Å². The zero-order valence-electron chi connectivity index (χ0n) is 25.4. The normalized spacial score (nSPS) is 28.6. The lowest BCUT2D eigenvalue weighted by Crippen LogP contribution is -2.59. The number of likely N-dealkylation sites (tertiary alicyclic amines) is 1. The lowest BCUT2D eigenvalue weighted by molar-refractivity contribution is -0.154. The summed E-state index contributed by atoms with van der Waals surface area (Å²) in [5, 5.41) is 11.1. The quantitative estimate of drug-likeness (QED) is 0.309. The van der Waals surface area contributed by atoms with Gasteiger partial charge in [-0.3, -0.25) is 14.4 Å². The van der Waals surface area contributed by atoms with E-state index in [0.29, 0.717) is 49.5 Å². The first kappa shape index (κ1) is 32.2. The molecule has 0 aromatic heterocycles. The van der Waals surface area contributed by atoms with Gasteiger partial charge < -0.3 is 24.5 Å². The molecule has 0 aliphatic carbocycles. The van der Waals surface area contributed by atoms with Crippen molar-refractivity contribution in [2.45, 2.75) is 83.1 Å².